The summed E-state index contributed by atoms with van der Waals surface area (Å²) in [6, 6.07) is -2.28. The molecule has 0 aromatic carbocycles. The topological polar surface area (TPSA) is 134 Å². The van der Waals surface area contributed by atoms with Crippen molar-refractivity contribution in [2.24, 2.45) is 5.41 Å². The van der Waals surface area contributed by atoms with Crippen LogP contribution in [0, 0.1) is 5.41 Å². The number of likely N-dealkylation sites (N-methyl/N-ethyl adjacent to an activating group) is 1. The lowest BCUT2D eigenvalue weighted by Gasteiger charge is -2.30. The zero-order valence-corrected chi connectivity index (χ0v) is 15.5. The van der Waals surface area contributed by atoms with Crippen molar-refractivity contribution in [2.75, 3.05) is 13.7 Å². The van der Waals surface area contributed by atoms with Crippen molar-refractivity contribution in [3.63, 3.8) is 0 Å². The Morgan fingerprint density at radius 1 is 1.12 bits per heavy atom. The van der Waals surface area contributed by atoms with Crippen LogP contribution in [0.2, 0.25) is 0 Å². The van der Waals surface area contributed by atoms with E-state index in [-0.39, 0.29) is 12.5 Å². The van der Waals surface area contributed by atoms with Crippen LogP contribution in [0.25, 0.3) is 0 Å². The molecular weight excluding hydrogens is 330 g/mol. The van der Waals surface area contributed by atoms with Gasteiger partial charge in [-0.1, -0.05) is 34.1 Å². The number of hydrogen-bond acceptors (Lipinski definition) is 5. The molecule has 3 amide bonds. The molecule has 0 saturated carbocycles. The normalized spacial score (nSPS) is 13.3. The average molecular weight is 359 g/mol. The van der Waals surface area contributed by atoms with Gasteiger partial charge in [0.1, 0.15) is 12.1 Å². The van der Waals surface area contributed by atoms with E-state index in [0.29, 0.717) is 6.42 Å². The summed E-state index contributed by atoms with van der Waals surface area (Å²) >= 11 is 0. The maximum atomic E-state index is 12.1. The predicted molar refractivity (Wildman–Crippen MR) is 90.9 cm³/mol. The van der Waals surface area contributed by atoms with Gasteiger partial charge in [-0.05, 0) is 11.8 Å². The van der Waals surface area contributed by atoms with Crippen LogP contribution in [0.3, 0.4) is 0 Å². The van der Waals surface area contributed by atoms with E-state index in [2.05, 4.69) is 16.0 Å². The fourth-order valence-electron chi connectivity index (χ4n) is 1.92. The molecule has 25 heavy (non-hydrogen) atoms. The largest absolute Gasteiger partial charge is 0.480 e. The Morgan fingerprint density at radius 3 is 2.16 bits per heavy atom. The summed E-state index contributed by atoms with van der Waals surface area (Å²) < 4.78 is 4.83. The van der Waals surface area contributed by atoms with Crippen LogP contribution in [0.1, 0.15) is 47.0 Å². The summed E-state index contributed by atoms with van der Waals surface area (Å²) in [7, 11) is 1.45. The molecule has 0 bridgehead atoms. The Kier molecular flexibility index (Phi) is 9.55. The van der Waals surface area contributed by atoms with Crippen molar-refractivity contribution >= 4 is 23.9 Å². The highest BCUT2D eigenvalue weighted by atomic mass is 16.5. The quantitative estimate of drug-likeness (QED) is 0.446. The summed E-state index contributed by atoms with van der Waals surface area (Å²) in [5, 5.41) is 16.3. The van der Waals surface area contributed by atoms with Crippen LogP contribution in [-0.4, -0.2) is 54.7 Å². The molecule has 2 unspecified atom stereocenters. The van der Waals surface area contributed by atoms with Gasteiger partial charge >= 0.3 is 12.1 Å². The summed E-state index contributed by atoms with van der Waals surface area (Å²) in [6.45, 7) is 7.40. The van der Waals surface area contributed by atoms with E-state index < -0.39 is 41.9 Å². The van der Waals surface area contributed by atoms with Crippen LogP contribution < -0.4 is 16.0 Å². The zero-order chi connectivity index (χ0) is 19.6. The number of carboxylic acid groups (broad SMARTS) is 1. The summed E-state index contributed by atoms with van der Waals surface area (Å²) in [5.74, 6) is -2.42. The molecule has 0 aliphatic heterocycles. The molecule has 0 aromatic heterocycles. The van der Waals surface area contributed by atoms with Crippen molar-refractivity contribution in [3.8, 4) is 0 Å². The lowest BCUT2D eigenvalue weighted by Crippen LogP contribution is -2.54. The molecule has 0 aliphatic rings. The Labute approximate surface area is 147 Å². The van der Waals surface area contributed by atoms with Crippen LogP contribution in [-0.2, 0) is 19.1 Å². The van der Waals surface area contributed by atoms with E-state index in [9.17, 15) is 19.2 Å². The Hall–Kier alpha value is -2.32. The molecule has 0 rings (SSSR count). The lowest BCUT2D eigenvalue weighted by atomic mass is 9.86. The number of amides is 3. The first kappa shape index (κ1) is 22.7. The highest BCUT2D eigenvalue weighted by molar-refractivity contribution is 5.91. The zero-order valence-electron chi connectivity index (χ0n) is 15.5. The number of unbranched alkanes of at least 4 members (excludes halogenated alkanes) is 1. The second-order valence-corrected chi connectivity index (χ2v) is 6.71. The lowest BCUT2D eigenvalue weighted by molar-refractivity contribution is -0.141. The monoisotopic (exact) mass is 359 g/mol. The molecule has 0 radical (unpaired) electrons. The third-order valence-corrected chi connectivity index (χ3v) is 3.39. The smallest absolute Gasteiger partial charge is 0.407 e. The van der Waals surface area contributed by atoms with Gasteiger partial charge < -0.3 is 25.8 Å². The molecule has 0 fully saturated rings. The number of aliphatic carboxylic acids is 1. The summed E-state index contributed by atoms with van der Waals surface area (Å²) in [6.07, 6.45) is 0.0748. The van der Waals surface area contributed by atoms with E-state index in [0.717, 1.165) is 6.42 Å². The average Bonchev–Trinajstić information content (AvgIpc) is 2.50. The summed E-state index contributed by atoms with van der Waals surface area (Å²) in [4.78, 5) is 46.8. The molecule has 9 heteroatoms. The van der Waals surface area contributed by atoms with Crippen molar-refractivity contribution < 1.29 is 29.0 Å². The second kappa shape index (κ2) is 10.5. The van der Waals surface area contributed by atoms with Gasteiger partial charge in [0.15, 0.2) is 0 Å². The summed E-state index contributed by atoms with van der Waals surface area (Å²) in [5.41, 5.74) is -0.568. The number of carbonyl (C=O) groups excluding carboxylic acids is 3. The number of carbonyl (C=O) groups is 4. The van der Waals surface area contributed by atoms with Gasteiger partial charge in [0.05, 0.1) is 13.0 Å². The fraction of sp³-hybridized carbons (Fsp3) is 0.750. The first-order chi connectivity index (χ1) is 11.5. The molecule has 0 spiro atoms. The van der Waals surface area contributed by atoms with Crippen molar-refractivity contribution in [1.82, 2.24) is 16.0 Å². The minimum absolute atomic E-state index is 0.170. The number of carboxylic acids is 1. The second-order valence-electron chi connectivity index (χ2n) is 6.71. The van der Waals surface area contributed by atoms with Gasteiger partial charge in [0.2, 0.25) is 11.8 Å². The third kappa shape index (κ3) is 8.92. The third-order valence-electron chi connectivity index (χ3n) is 3.39. The predicted octanol–water partition coefficient (Wildman–Crippen LogP) is 0.633. The molecule has 0 aromatic rings. The van der Waals surface area contributed by atoms with Gasteiger partial charge in [-0.15, -0.1) is 0 Å². The Morgan fingerprint density at radius 2 is 1.72 bits per heavy atom. The Balaban J connectivity index is 4.80. The van der Waals surface area contributed by atoms with Gasteiger partial charge in [0.25, 0.3) is 0 Å². The molecule has 0 saturated heterocycles. The van der Waals surface area contributed by atoms with Crippen molar-refractivity contribution in [1.29, 1.82) is 0 Å². The minimum Gasteiger partial charge on any atom is -0.480 e. The minimum atomic E-state index is -1.44. The molecule has 0 heterocycles. The van der Waals surface area contributed by atoms with Crippen LogP contribution in [0.15, 0.2) is 0 Å². The molecular formula is C16H29N3O6. The maximum Gasteiger partial charge on any atom is 0.407 e. The molecule has 4 N–H and O–H groups in total. The van der Waals surface area contributed by atoms with Crippen LogP contribution in [0.5, 0.6) is 0 Å². The van der Waals surface area contributed by atoms with Gasteiger partial charge in [-0.2, -0.15) is 0 Å². The molecule has 0 aliphatic carbocycles. The van der Waals surface area contributed by atoms with E-state index in [4.69, 9.17) is 9.84 Å². The molecule has 9 nitrogen and oxygen atoms in total. The SMILES string of the molecule is CCCCOC(=O)NC(CC(=O)NC(C(=O)NC)C(C)(C)C)C(=O)O. The highest BCUT2D eigenvalue weighted by Gasteiger charge is 2.33. The first-order valence-electron chi connectivity index (χ1n) is 8.20. The first-order valence-corrected chi connectivity index (χ1v) is 8.20. The number of hydrogen-bond donors (Lipinski definition) is 4. The van der Waals surface area contributed by atoms with Crippen molar-refractivity contribution in [3.05, 3.63) is 0 Å². The molecule has 144 valence electrons. The van der Waals surface area contributed by atoms with Gasteiger partial charge in [-0.25, -0.2) is 9.59 Å². The van der Waals surface area contributed by atoms with Gasteiger partial charge in [-0.3, -0.25) is 9.59 Å². The van der Waals surface area contributed by atoms with Crippen LogP contribution >= 0.6 is 0 Å². The van der Waals surface area contributed by atoms with Crippen LogP contribution in [0.4, 0.5) is 4.79 Å². The van der Waals surface area contributed by atoms with Crippen molar-refractivity contribution in [2.45, 2.75) is 59.0 Å². The number of alkyl carbamates (subject to hydrolysis) is 1. The highest BCUT2D eigenvalue weighted by Crippen LogP contribution is 2.19. The maximum absolute atomic E-state index is 12.1. The fourth-order valence-corrected chi connectivity index (χ4v) is 1.92. The van der Waals surface area contributed by atoms with E-state index in [1.54, 1.807) is 20.8 Å². The van der Waals surface area contributed by atoms with E-state index in [1.807, 2.05) is 6.92 Å². The number of ether oxygens (including phenoxy) is 1. The number of rotatable bonds is 9. The van der Waals surface area contributed by atoms with E-state index in [1.165, 1.54) is 7.05 Å². The van der Waals surface area contributed by atoms with Gasteiger partial charge in [0, 0.05) is 7.05 Å². The standard InChI is InChI=1S/C16H29N3O6/c1-6-7-8-25-15(24)18-10(14(22)23)9-11(20)19-12(13(21)17-5)16(2,3)4/h10,12H,6-9H2,1-5H3,(H,17,21)(H,18,24)(H,19,20)(H,22,23). The Bertz CT molecular complexity index is 487. The molecule has 2 atom stereocenters. The number of nitrogens with one attached hydrogen (secondary N) is 3. The van der Waals surface area contributed by atoms with E-state index >= 15 is 0 Å².